The molecule has 0 spiro atoms. The Labute approximate surface area is 166 Å². The van der Waals surface area contributed by atoms with Gasteiger partial charge < -0.3 is 20.3 Å². The van der Waals surface area contributed by atoms with Crippen LogP contribution in [-0.2, 0) is 0 Å². The largest absolute Gasteiger partial charge is 0.477 e. The van der Waals surface area contributed by atoms with E-state index in [9.17, 15) is 19.1 Å². The summed E-state index contributed by atoms with van der Waals surface area (Å²) in [5, 5.41) is 9.49. The maximum absolute atomic E-state index is 14.9. The van der Waals surface area contributed by atoms with E-state index in [0.29, 0.717) is 25.2 Å². The summed E-state index contributed by atoms with van der Waals surface area (Å²) in [5.74, 6) is -1.65. The molecule has 0 radical (unpaired) electrons. The third-order valence-electron chi connectivity index (χ3n) is 5.29. The molecule has 1 aromatic carbocycles. The number of nitrogens with two attached hydrogens (primary N) is 1. The molecule has 146 valence electrons. The Kier molecular flexibility index (Phi) is 5.38. The van der Waals surface area contributed by atoms with Crippen molar-refractivity contribution in [1.29, 1.82) is 0 Å². The molecule has 1 aromatic heterocycles. The molecule has 1 aliphatic heterocycles. The highest BCUT2D eigenvalue weighted by Crippen LogP contribution is 2.42. The molecule has 27 heavy (non-hydrogen) atoms. The zero-order valence-electron chi connectivity index (χ0n) is 14.5. The number of anilines is 1. The van der Waals surface area contributed by atoms with E-state index in [1.54, 1.807) is 4.57 Å². The lowest BCUT2D eigenvalue weighted by molar-refractivity contribution is 0.0695. The SMILES string of the molecule is Cl.NCC1CCN(c2c(F)cc3c(=O)c(C(=O)O)cn(C4CC4)c3c2Cl)C1. The summed E-state index contributed by atoms with van der Waals surface area (Å²) in [4.78, 5) is 25.8. The first-order chi connectivity index (χ1) is 12.4. The summed E-state index contributed by atoms with van der Waals surface area (Å²) in [6.45, 7) is 1.78. The lowest BCUT2D eigenvalue weighted by Gasteiger charge is -2.23. The summed E-state index contributed by atoms with van der Waals surface area (Å²) in [6.07, 6.45) is 3.95. The van der Waals surface area contributed by atoms with Crippen molar-refractivity contribution >= 4 is 46.6 Å². The Bertz CT molecular complexity index is 975. The van der Waals surface area contributed by atoms with Crippen molar-refractivity contribution in [2.24, 2.45) is 11.7 Å². The first-order valence-electron chi connectivity index (χ1n) is 8.67. The molecule has 2 heterocycles. The Hall–Kier alpha value is -1.83. The molecule has 1 unspecified atom stereocenters. The molecule has 2 aliphatic rings. The standard InChI is InChI=1S/C18H19ClFN3O3.ClH/c19-14-15-11(5-13(20)16(14)22-4-3-9(6-21)7-22)17(24)12(18(25)26)8-23(15)10-1-2-10;/h5,8-10H,1-4,6-7,21H2,(H,25,26);1H. The fourth-order valence-corrected chi connectivity index (χ4v) is 4.15. The quantitative estimate of drug-likeness (QED) is 0.800. The summed E-state index contributed by atoms with van der Waals surface area (Å²) in [6, 6.07) is 1.21. The molecule has 2 fully saturated rings. The van der Waals surface area contributed by atoms with Gasteiger partial charge in [0.2, 0.25) is 5.43 Å². The second-order valence-electron chi connectivity index (χ2n) is 7.07. The predicted molar refractivity (Wildman–Crippen MR) is 105 cm³/mol. The van der Waals surface area contributed by atoms with Gasteiger partial charge >= 0.3 is 5.97 Å². The van der Waals surface area contributed by atoms with Gasteiger partial charge in [0.15, 0.2) is 0 Å². The van der Waals surface area contributed by atoms with Crippen molar-refractivity contribution < 1.29 is 14.3 Å². The minimum absolute atomic E-state index is 0. The molecular formula is C18H20Cl2FN3O3. The molecule has 1 saturated carbocycles. The number of rotatable bonds is 4. The lowest BCUT2D eigenvalue weighted by Crippen LogP contribution is -2.25. The van der Waals surface area contributed by atoms with Crippen LogP contribution in [-0.4, -0.2) is 35.3 Å². The Morgan fingerprint density at radius 2 is 2.07 bits per heavy atom. The first kappa shape index (κ1) is 19.9. The van der Waals surface area contributed by atoms with Crippen LogP contribution in [0.15, 0.2) is 17.1 Å². The van der Waals surface area contributed by atoms with Gasteiger partial charge in [0.25, 0.3) is 0 Å². The average molecular weight is 416 g/mol. The third-order valence-corrected chi connectivity index (χ3v) is 5.65. The summed E-state index contributed by atoms with van der Waals surface area (Å²) in [5.41, 5.74) is 5.33. The number of hydrogen-bond donors (Lipinski definition) is 2. The van der Waals surface area contributed by atoms with Crippen LogP contribution in [0.25, 0.3) is 10.9 Å². The minimum Gasteiger partial charge on any atom is -0.477 e. The van der Waals surface area contributed by atoms with Gasteiger partial charge in [-0.05, 0) is 37.8 Å². The van der Waals surface area contributed by atoms with E-state index >= 15 is 0 Å². The zero-order chi connectivity index (χ0) is 18.6. The molecule has 0 amide bonds. The zero-order valence-corrected chi connectivity index (χ0v) is 16.0. The molecule has 6 nitrogen and oxygen atoms in total. The van der Waals surface area contributed by atoms with Gasteiger partial charge in [-0.1, -0.05) is 11.6 Å². The van der Waals surface area contributed by atoms with Crippen LogP contribution < -0.4 is 16.1 Å². The molecule has 1 aliphatic carbocycles. The van der Waals surface area contributed by atoms with E-state index in [4.69, 9.17) is 17.3 Å². The van der Waals surface area contributed by atoms with Gasteiger partial charge in [0.05, 0.1) is 21.6 Å². The Balaban J connectivity index is 0.00000210. The van der Waals surface area contributed by atoms with Crippen LogP contribution in [0.5, 0.6) is 0 Å². The van der Waals surface area contributed by atoms with Gasteiger partial charge in [0.1, 0.15) is 11.4 Å². The monoisotopic (exact) mass is 415 g/mol. The van der Waals surface area contributed by atoms with Crippen molar-refractivity contribution in [2.45, 2.75) is 25.3 Å². The maximum Gasteiger partial charge on any atom is 0.341 e. The molecule has 1 atom stereocenters. The molecule has 1 saturated heterocycles. The summed E-state index contributed by atoms with van der Waals surface area (Å²) in [7, 11) is 0. The molecular weight excluding hydrogens is 396 g/mol. The number of fused-ring (bicyclic) bond motifs is 1. The van der Waals surface area contributed by atoms with Crippen LogP contribution in [0.2, 0.25) is 5.02 Å². The predicted octanol–water partition coefficient (Wildman–Crippen LogP) is 3.03. The fraction of sp³-hybridized carbons (Fsp3) is 0.444. The van der Waals surface area contributed by atoms with Crippen molar-refractivity contribution in [3.8, 4) is 0 Å². The molecule has 0 bridgehead atoms. The van der Waals surface area contributed by atoms with E-state index in [2.05, 4.69) is 0 Å². The number of carbonyl (C=O) groups is 1. The van der Waals surface area contributed by atoms with Crippen molar-refractivity contribution in [3.63, 3.8) is 0 Å². The highest BCUT2D eigenvalue weighted by molar-refractivity contribution is 6.38. The number of nitrogens with zero attached hydrogens (tertiary/aromatic N) is 2. The first-order valence-corrected chi connectivity index (χ1v) is 9.05. The van der Waals surface area contributed by atoms with E-state index in [1.165, 1.54) is 6.20 Å². The number of carboxylic acid groups (broad SMARTS) is 1. The minimum atomic E-state index is -1.32. The summed E-state index contributed by atoms with van der Waals surface area (Å²) < 4.78 is 16.6. The highest BCUT2D eigenvalue weighted by atomic mass is 35.5. The smallest absolute Gasteiger partial charge is 0.341 e. The molecule has 4 rings (SSSR count). The third kappa shape index (κ3) is 3.28. The van der Waals surface area contributed by atoms with Gasteiger partial charge in [-0.25, -0.2) is 9.18 Å². The van der Waals surface area contributed by atoms with E-state index < -0.39 is 17.2 Å². The number of pyridine rings is 1. The van der Waals surface area contributed by atoms with Gasteiger partial charge in [-0.3, -0.25) is 4.79 Å². The number of carboxylic acids is 1. The average Bonchev–Trinajstić information content (AvgIpc) is 3.33. The van der Waals surface area contributed by atoms with E-state index in [-0.39, 0.29) is 46.0 Å². The number of hydrogen-bond acceptors (Lipinski definition) is 4. The lowest BCUT2D eigenvalue weighted by atomic mass is 10.1. The van der Waals surface area contributed by atoms with Crippen LogP contribution in [0, 0.1) is 11.7 Å². The summed E-state index contributed by atoms with van der Waals surface area (Å²) >= 11 is 6.58. The number of aromatic carboxylic acids is 1. The Morgan fingerprint density at radius 1 is 1.37 bits per heavy atom. The highest BCUT2D eigenvalue weighted by Gasteiger charge is 2.31. The van der Waals surface area contributed by atoms with E-state index in [0.717, 1.165) is 25.3 Å². The molecule has 3 N–H and O–H groups in total. The van der Waals surface area contributed by atoms with Gasteiger partial charge in [-0.2, -0.15) is 0 Å². The molecule has 2 aromatic rings. The van der Waals surface area contributed by atoms with E-state index in [1.807, 2.05) is 4.90 Å². The van der Waals surface area contributed by atoms with Gasteiger partial charge in [0, 0.05) is 25.3 Å². The van der Waals surface area contributed by atoms with Crippen molar-refractivity contribution in [1.82, 2.24) is 4.57 Å². The van der Waals surface area contributed by atoms with Crippen molar-refractivity contribution in [2.75, 3.05) is 24.5 Å². The number of halogens is 3. The Morgan fingerprint density at radius 3 is 2.63 bits per heavy atom. The van der Waals surface area contributed by atoms with Gasteiger partial charge in [-0.15, -0.1) is 12.4 Å². The van der Waals surface area contributed by atoms with Crippen LogP contribution >= 0.6 is 24.0 Å². The fourth-order valence-electron chi connectivity index (χ4n) is 3.74. The van der Waals surface area contributed by atoms with Crippen LogP contribution in [0.4, 0.5) is 10.1 Å². The van der Waals surface area contributed by atoms with Crippen LogP contribution in [0.1, 0.15) is 35.7 Å². The second-order valence-corrected chi connectivity index (χ2v) is 7.45. The normalized spacial score (nSPS) is 19.4. The van der Waals surface area contributed by atoms with Crippen molar-refractivity contribution in [3.05, 3.63) is 38.9 Å². The molecule has 9 heteroatoms. The van der Waals surface area contributed by atoms with Crippen LogP contribution in [0.3, 0.4) is 0 Å². The number of benzene rings is 1. The topological polar surface area (TPSA) is 88.6 Å². The maximum atomic E-state index is 14.9. The second kappa shape index (κ2) is 7.30. The number of aromatic nitrogens is 1.